The average Bonchev–Trinajstić information content (AvgIpc) is 3.06. The van der Waals surface area contributed by atoms with Gasteiger partial charge in [-0.2, -0.15) is 0 Å². The molecule has 1 aliphatic rings. The molecule has 1 aliphatic heterocycles. The molecule has 1 aromatic heterocycles. The summed E-state index contributed by atoms with van der Waals surface area (Å²) in [5.74, 6) is 1.32. The molecule has 0 saturated carbocycles. The molecule has 0 radical (unpaired) electrons. The third-order valence-corrected chi connectivity index (χ3v) is 3.92. The van der Waals surface area contributed by atoms with Crippen LogP contribution in [0.5, 0.6) is 5.75 Å². The molecule has 0 aliphatic carbocycles. The first-order valence-electron chi connectivity index (χ1n) is 6.59. The fraction of sp³-hybridized carbons (Fsp3) is 0.500. The van der Waals surface area contributed by atoms with Crippen LogP contribution in [-0.2, 0) is 17.2 Å². The Morgan fingerprint density at radius 3 is 3.05 bits per heavy atom. The van der Waals surface area contributed by atoms with Gasteiger partial charge in [-0.15, -0.1) is 11.6 Å². The van der Waals surface area contributed by atoms with Gasteiger partial charge in [0.25, 0.3) is 0 Å². The molecule has 108 valence electrons. The highest BCUT2D eigenvalue weighted by molar-refractivity contribution is 6.16. The molecule has 3 rings (SSSR count). The average molecular weight is 299 g/mol. The van der Waals surface area contributed by atoms with E-state index in [1.54, 1.807) is 6.07 Å². The second kappa shape index (κ2) is 5.58. The van der Waals surface area contributed by atoms with Gasteiger partial charge in [0.1, 0.15) is 5.82 Å². The van der Waals surface area contributed by atoms with E-state index < -0.39 is 5.82 Å². The van der Waals surface area contributed by atoms with Crippen LogP contribution in [0.2, 0.25) is 0 Å². The van der Waals surface area contributed by atoms with Crippen molar-refractivity contribution in [3.05, 3.63) is 23.8 Å². The van der Waals surface area contributed by atoms with Crippen LogP contribution in [0.25, 0.3) is 11.0 Å². The lowest BCUT2D eigenvalue weighted by Gasteiger charge is -2.12. The van der Waals surface area contributed by atoms with E-state index in [0.717, 1.165) is 37.5 Å². The van der Waals surface area contributed by atoms with Gasteiger partial charge in [0.15, 0.2) is 11.6 Å². The third-order valence-electron chi connectivity index (χ3n) is 3.69. The van der Waals surface area contributed by atoms with Gasteiger partial charge in [0, 0.05) is 31.2 Å². The number of ether oxygens (including phenoxy) is 2. The summed E-state index contributed by atoms with van der Waals surface area (Å²) in [4.78, 5) is 4.40. The topological polar surface area (TPSA) is 36.3 Å². The molecule has 6 heteroatoms. The Labute approximate surface area is 121 Å². The van der Waals surface area contributed by atoms with E-state index in [9.17, 15) is 4.39 Å². The molecule has 2 heterocycles. The molecular formula is C14H16ClFN2O2. The van der Waals surface area contributed by atoms with Gasteiger partial charge in [-0.1, -0.05) is 0 Å². The molecule has 1 aromatic carbocycles. The van der Waals surface area contributed by atoms with Crippen molar-refractivity contribution < 1.29 is 13.9 Å². The number of methoxy groups -OCH3 is 1. The van der Waals surface area contributed by atoms with E-state index in [1.165, 1.54) is 13.2 Å². The highest BCUT2D eigenvalue weighted by Gasteiger charge is 2.20. The van der Waals surface area contributed by atoms with Crippen molar-refractivity contribution in [2.75, 3.05) is 20.3 Å². The maximum Gasteiger partial charge on any atom is 0.167 e. The minimum Gasteiger partial charge on any atom is -0.494 e. The van der Waals surface area contributed by atoms with E-state index in [1.807, 2.05) is 4.57 Å². The monoisotopic (exact) mass is 298 g/mol. The quantitative estimate of drug-likeness (QED) is 0.814. The Morgan fingerprint density at radius 2 is 2.40 bits per heavy atom. The Kier molecular flexibility index (Phi) is 3.81. The number of halogens is 2. The van der Waals surface area contributed by atoms with Crippen molar-refractivity contribution in [3.8, 4) is 5.75 Å². The molecular weight excluding hydrogens is 283 g/mol. The zero-order valence-corrected chi connectivity index (χ0v) is 12.0. The fourth-order valence-corrected chi connectivity index (χ4v) is 2.83. The second-order valence-electron chi connectivity index (χ2n) is 4.98. The minimum absolute atomic E-state index is 0.224. The van der Waals surface area contributed by atoms with Crippen LogP contribution >= 0.6 is 11.6 Å². The fourth-order valence-electron chi connectivity index (χ4n) is 2.62. The predicted octanol–water partition coefficient (Wildman–Crippen LogP) is 2.96. The first kappa shape index (κ1) is 13.6. The number of imidazole rings is 1. The summed E-state index contributed by atoms with van der Waals surface area (Å²) in [7, 11) is 1.46. The van der Waals surface area contributed by atoms with Crippen LogP contribution in [0, 0.1) is 11.7 Å². The number of rotatable bonds is 4. The minimum atomic E-state index is -0.407. The number of aromatic nitrogens is 2. The van der Waals surface area contributed by atoms with Crippen molar-refractivity contribution in [2.45, 2.75) is 18.8 Å². The van der Waals surface area contributed by atoms with Gasteiger partial charge >= 0.3 is 0 Å². The van der Waals surface area contributed by atoms with Crippen LogP contribution in [0.4, 0.5) is 4.39 Å². The van der Waals surface area contributed by atoms with Crippen molar-refractivity contribution >= 4 is 22.6 Å². The highest BCUT2D eigenvalue weighted by Crippen LogP contribution is 2.27. The van der Waals surface area contributed by atoms with Crippen molar-refractivity contribution in [1.29, 1.82) is 0 Å². The first-order valence-corrected chi connectivity index (χ1v) is 7.12. The van der Waals surface area contributed by atoms with Crippen LogP contribution in [0.15, 0.2) is 12.1 Å². The van der Waals surface area contributed by atoms with E-state index in [2.05, 4.69) is 4.98 Å². The van der Waals surface area contributed by atoms with E-state index in [-0.39, 0.29) is 5.75 Å². The molecule has 0 bridgehead atoms. The molecule has 2 aromatic rings. The molecule has 20 heavy (non-hydrogen) atoms. The first-order chi connectivity index (χ1) is 9.72. The molecule has 1 atom stereocenters. The number of hydrogen-bond acceptors (Lipinski definition) is 3. The molecule has 0 amide bonds. The van der Waals surface area contributed by atoms with Gasteiger partial charge in [-0.05, 0) is 6.42 Å². The van der Waals surface area contributed by atoms with E-state index in [4.69, 9.17) is 21.1 Å². The molecule has 0 spiro atoms. The van der Waals surface area contributed by atoms with Crippen molar-refractivity contribution in [3.63, 3.8) is 0 Å². The highest BCUT2D eigenvalue weighted by atomic mass is 35.5. The Hall–Kier alpha value is -1.33. The summed E-state index contributed by atoms with van der Waals surface area (Å²) >= 11 is 5.96. The van der Waals surface area contributed by atoms with Gasteiger partial charge in [0.05, 0.1) is 30.6 Å². The Morgan fingerprint density at radius 1 is 1.55 bits per heavy atom. The van der Waals surface area contributed by atoms with E-state index >= 15 is 0 Å². The zero-order chi connectivity index (χ0) is 14.1. The van der Waals surface area contributed by atoms with Crippen LogP contribution in [-0.4, -0.2) is 29.9 Å². The number of alkyl halides is 1. The number of hydrogen-bond donors (Lipinski definition) is 0. The van der Waals surface area contributed by atoms with Crippen LogP contribution in [0.3, 0.4) is 0 Å². The third kappa shape index (κ3) is 2.36. The molecule has 4 nitrogen and oxygen atoms in total. The van der Waals surface area contributed by atoms with Crippen molar-refractivity contribution in [2.24, 2.45) is 5.92 Å². The smallest absolute Gasteiger partial charge is 0.167 e. The molecule has 1 fully saturated rings. The van der Waals surface area contributed by atoms with Gasteiger partial charge in [0.2, 0.25) is 0 Å². The number of fused-ring (bicyclic) bond motifs is 1. The number of benzene rings is 1. The standard InChI is InChI=1S/C14H16ClFN2O2/c1-19-13-5-12-11(4-10(13)16)17-14(6-15)18(12)7-9-2-3-20-8-9/h4-5,9H,2-3,6-8H2,1H3. The maximum absolute atomic E-state index is 13.7. The Bertz CT molecular complexity index is 623. The summed E-state index contributed by atoms with van der Waals surface area (Å²) < 4.78 is 26.2. The SMILES string of the molecule is COc1cc2c(cc1F)nc(CCl)n2CC1CCOC1. The molecule has 1 saturated heterocycles. The molecule has 1 unspecified atom stereocenters. The number of nitrogens with zero attached hydrogens (tertiary/aromatic N) is 2. The lowest BCUT2D eigenvalue weighted by Crippen LogP contribution is -2.12. The molecule has 0 N–H and O–H groups in total. The summed E-state index contributed by atoms with van der Waals surface area (Å²) in [5.41, 5.74) is 1.46. The van der Waals surface area contributed by atoms with Crippen LogP contribution < -0.4 is 4.74 Å². The van der Waals surface area contributed by atoms with Crippen LogP contribution in [0.1, 0.15) is 12.2 Å². The zero-order valence-electron chi connectivity index (χ0n) is 11.2. The summed E-state index contributed by atoms with van der Waals surface area (Å²) in [5, 5.41) is 0. The normalized spacial score (nSPS) is 18.9. The van der Waals surface area contributed by atoms with Gasteiger partial charge in [-0.3, -0.25) is 0 Å². The largest absolute Gasteiger partial charge is 0.494 e. The van der Waals surface area contributed by atoms with Gasteiger partial charge in [-0.25, -0.2) is 9.37 Å². The van der Waals surface area contributed by atoms with Crippen molar-refractivity contribution in [1.82, 2.24) is 9.55 Å². The Balaban J connectivity index is 2.06. The van der Waals surface area contributed by atoms with Gasteiger partial charge < -0.3 is 14.0 Å². The maximum atomic E-state index is 13.7. The summed E-state index contributed by atoms with van der Waals surface area (Å²) in [6.45, 7) is 2.33. The lowest BCUT2D eigenvalue weighted by atomic mass is 10.1. The predicted molar refractivity (Wildman–Crippen MR) is 74.7 cm³/mol. The lowest BCUT2D eigenvalue weighted by molar-refractivity contribution is 0.182. The van der Waals surface area contributed by atoms with E-state index in [0.29, 0.717) is 17.3 Å². The summed E-state index contributed by atoms with van der Waals surface area (Å²) in [6, 6.07) is 3.08. The second-order valence-corrected chi connectivity index (χ2v) is 5.24. The summed E-state index contributed by atoms with van der Waals surface area (Å²) in [6.07, 6.45) is 1.03.